The molecule has 1 aliphatic heterocycles. The largest absolute Gasteiger partial charge is 0.464 e. The number of anilines is 1. The molecule has 80 valence electrons. The van der Waals surface area contributed by atoms with Crippen molar-refractivity contribution in [2.24, 2.45) is 0 Å². The quantitative estimate of drug-likeness (QED) is 0.851. The molecule has 2 aromatic rings. The van der Waals surface area contributed by atoms with Crippen LogP contribution >= 0.6 is 15.9 Å². The van der Waals surface area contributed by atoms with Crippen molar-refractivity contribution >= 4 is 21.6 Å². The average molecular weight is 276 g/mol. The van der Waals surface area contributed by atoms with Crippen LogP contribution in [0, 0.1) is 0 Å². The molecule has 1 N–H and O–H groups in total. The summed E-state index contributed by atoms with van der Waals surface area (Å²) in [6.07, 6.45) is -0.0782. The fourth-order valence-electron chi connectivity index (χ4n) is 1.79. The summed E-state index contributed by atoms with van der Waals surface area (Å²) in [7, 11) is 0. The van der Waals surface area contributed by atoms with Gasteiger partial charge in [0.1, 0.15) is 5.75 Å². The SMILES string of the molecule is Brc1ccc2c(c1)OC(c1ccccc1)N2. The standard InChI is InChI=1S/C13H10BrNO/c14-10-6-7-11-12(8-10)16-13(15-11)9-4-2-1-3-5-9/h1-8,13,15H. The number of halogens is 1. The zero-order valence-corrected chi connectivity index (χ0v) is 10.1. The molecule has 1 aliphatic rings. The molecule has 1 atom stereocenters. The van der Waals surface area contributed by atoms with Gasteiger partial charge in [-0.05, 0) is 18.2 Å². The van der Waals surface area contributed by atoms with Crippen LogP contribution in [-0.2, 0) is 0 Å². The molecule has 0 amide bonds. The Bertz CT molecular complexity index is 513. The van der Waals surface area contributed by atoms with Crippen LogP contribution in [0.1, 0.15) is 11.8 Å². The summed E-state index contributed by atoms with van der Waals surface area (Å²) in [5.41, 5.74) is 2.17. The van der Waals surface area contributed by atoms with E-state index in [1.54, 1.807) is 0 Å². The fourth-order valence-corrected chi connectivity index (χ4v) is 2.13. The minimum Gasteiger partial charge on any atom is -0.464 e. The maximum Gasteiger partial charge on any atom is 0.196 e. The van der Waals surface area contributed by atoms with E-state index >= 15 is 0 Å². The van der Waals surface area contributed by atoms with E-state index in [4.69, 9.17) is 4.74 Å². The molecular weight excluding hydrogens is 266 g/mol. The third kappa shape index (κ3) is 1.67. The van der Waals surface area contributed by atoms with E-state index in [1.165, 1.54) is 0 Å². The van der Waals surface area contributed by atoms with Gasteiger partial charge in [-0.2, -0.15) is 0 Å². The molecule has 2 aromatic carbocycles. The highest BCUT2D eigenvalue weighted by Gasteiger charge is 2.22. The molecule has 3 heteroatoms. The van der Waals surface area contributed by atoms with Crippen LogP contribution in [0.3, 0.4) is 0 Å². The smallest absolute Gasteiger partial charge is 0.196 e. The molecule has 0 bridgehead atoms. The van der Waals surface area contributed by atoms with Gasteiger partial charge in [0.2, 0.25) is 0 Å². The lowest BCUT2D eigenvalue weighted by Crippen LogP contribution is -2.09. The van der Waals surface area contributed by atoms with E-state index in [2.05, 4.69) is 33.4 Å². The predicted octanol–water partition coefficient (Wildman–Crippen LogP) is 3.95. The molecule has 0 aromatic heterocycles. The number of benzene rings is 2. The molecule has 0 fully saturated rings. The van der Waals surface area contributed by atoms with E-state index < -0.39 is 0 Å². The van der Waals surface area contributed by atoms with Crippen LogP contribution in [0.15, 0.2) is 53.0 Å². The van der Waals surface area contributed by atoms with Crippen LogP contribution in [0.4, 0.5) is 5.69 Å². The minimum atomic E-state index is -0.0782. The van der Waals surface area contributed by atoms with Crippen molar-refractivity contribution in [2.45, 2.75) is 6.23 Å². The van der Waals surface area contributed by atoms with E-state index in [1.807, 2.05) is 36.4 Å². The van der Waals surface area contributed by atoms with Gasteiger partial charge in [-0.25, -0.2) is 0 Å². The van der Waals surface area contributed by atoms with Gasteiger partial charge in [0.25, 0.3) is 0 Å². The molecule has 0 saturated carbocycles. The first-order valence-corrected chi connectivity index (χ1v) is 5.90. The van der Waals surface area contributed by atoms with Gasteiger partial charge in [-0.1, -0.05) is 46.3 Å². The van der Waals surface area contributed by atoms with Crippen LogP contribution < -0.4 is 10.1 Å². The average Bonchev–Trinajstić information content (AvgIpc) is 2.73. The molecule has 0 aliphatic carbocycles. The van der Waals surface area contributed by atoms with Gasteiger partial charge in [-0.3, -0.25) is 0 Å². The fraction of sp³-hybridized carbons (Fsp3) is 0.0769. The Hall–Kier alpha value is -1.48. The molecule has 16 heavy (non-hydrogen) atoms. The number of rotatable bonds is 1. The van der Waals surface area contributed by atoms with Gasteiger partial charge >= 0.3 is 0 Å². The summed E-state index contributed by atoms with van der Waals surface area (Å²) in [6, 6.07) is 16.1. The summed E-state index contributed by atoms with van der Waals surface area (Å²) in [6.45, 7) is 0. The first kappa shape index (κ1) is 9.73. The molecule has 2 nitrogen and oxygen atoms in total. The predicted molar refractivity (Wildman–Crippen MR) is 67.6 cm³/mol. The first-order valence-electron chi connectivity index (χ1n) is 5.10. The van der Waals surface area contributed by atoms with E-state index in [-0.39, 0.29) is 6.23 Å². The summed E-state index contributed by atoms with van der Waals surface area (Å²) in [5.74, 6) is 0.892. The summed E-state index contributed by atoms with van der Waals surface area (Å²) in [5, 5.41) is 3.33. The molecule has 1 unspecified atom stereocenters. The highest BCUT2D eigenvalue weighted by Crippen LogP contribution is 2.39. The topological polar surface area (TPSA) is 21.3 Å². The number of ether oxygens (including phenoxy) is 1. The molecule has 1 heterocycles. The summed E-state index contributed by atoms with van der Waals surface area (Å²) in [4.78, 5) is 0. The number of nitrogens with one attached hydrogen (secondary N) is 1. The van der Waals surface area contributed by atoms with Crippen LogP contribution in [-0.4, -0.2) is 0 Å². The summed E-state index contributed by atoms with van der Waals surface area (Å²) >= 11 is 3.43. The lowest BCUT2D eigenvalue weighted by Gasteiger charge is -2.10. The maximum absolute atomic E-state index is 5.83. The zero-order valence-electron chi connectivity index (χ0n) is 8.48. The zero-order chi connectivity index (χ0) is 11.0. The number of hydrogen-bond acceptors (Lipinski definition) is 2. The number of fused-ring (bicyclic) bond motifs is 1. The Morgan fingerprint density at radius 3 is 2.69 bits per heavy atom. The molecule has 0 saturated heterocycles. The normalized spacial score (nSPS) is 17.4. The van der Waals surface area contributed by atoms with Gasteiger partial charge in [0, 0.05) is 10.0 Å². The third-order valence-electron chi connectivity index (χ3n) is 2.58. The van der Waals surface area contributed by atoms with Crippen molar-refractivity contribution in [3.05, 3.63) is 58.6 Å². The molecular formula is C13H10BrNO. The second kappa shape index (κ2) is 3.83. The highest BCUT2D eigenvalue weighted by molar-refractivity contribution is 9.10. The van der Waals surface area contributed by atoms with Crippen molar-refractivity contribution in [1.29, 1.82) is 0 Å². The maximum atomic E-state index is 5.83. The second-order valence-electron chi connectivity index (χ2n) is 3.69. The summed E-state index contributed by atoms with van der Waals surface area (Å²) < 4.78 is 6.86. The molecule has 3 rings (SSSR count). The minimum absolute atomic E-state index is 0.0782. The van der Waals surface area contributed by atoms with Crippen molar-refractivity contribution < 1.29 is 4.74 Å². The van der Waals surface area contributed by atoms with Crippen molar-refractivity contribution in [2.75, 3.05) is 5.32 Å². The Balaban J connectivity index is 1.91. The van der Waals surface area contributed by atoms with E-state index in [0.29, 0.717) is 0 Å². The van der Waals surface area contributed by atoms with Crippen LogP contribution in [0.25, 0.3) is 0 Å². The molecule has 0 spiro atoms. The van der Waals surface area contributed by atoms with Crippen molar-refractivity contribution in [3.63, 3.8) is 0 Å². The van der Waals surface area contributed by atoms with Gasteiger partial charge < -0.3 is 10.1 Å². The highest BCUT2D eigenvalue weighted by atomic mass is 79.9. The number of hydrogen-bond donors (Lipinski definition) is 1. The van der Waals surface area contributed by atoms with Crippen molar-refractivity contribution in [1.82, 2.24) is 0 Å². The van der Waals surface area contributed by atoms with E-state index in [9.17, 15) is 0 Å². The van der Waals surface area contributed by atoms with Crippen LogP contribution in [0.5, 0.6) is 5.75 Å². The Kier molecular flexibility index (Phi) is 2.33. The van der Waals surface area contributed by atoms with Gasteiger partial charge in [-0.15, -0.1) is 0 Å². The molecule has 0 radical (unpaired) electrons. The third-order valence-corrected chi connectivity index (χ3v) is 3.07. The monoisotopic (exact) mass is 275 g/mol. The Morgan fingerprint density at radius 1 is 1.06 bits per heavy atom. The van der Waals surface area contributed by atoms with Gasteiger partial charge in [0.15, 0.2) is 6.23 Å². The lowest BCUT2D eigenvalue weighted by atomic mass is 10.2. The first-order chi connectivity index (χ1) is 7.83. The van der Waals surface area contributed by atoms with Crippen molar-refractivity contribution in [3.8, 4) is 5.75 Å². The van der Waals surface area contributed by atoms with E-state index in [0.717, 1.165) is 21.5 Å². The van der Waals surface area contributed by atoms with Gasteiger partial charge in [0.05, 0.1) is 5.69 Å². The Morgan fingerprint density at radius 2 is 1.88 bits per heavy atom. The van der Waals surface area contributed by atoms with Crippen LogP contribution in [0.2, 0.25) is 0 Å². The lowest BCUT2D eigenvalue weighted by molar-refractivity contribution is 0.259. The Labute approximate surface area is 102 Å². The second-order valence-corrected chi connectivity index (χ2v) is 4.61.